The molecular weight excluding hydrogens is 446 g/mol. The van der Waals surface area contributed by atoms with Crippen LogP contribution in [-0.4, -0.2) is 44.4 Å². The summed E-state index contributed by atoms with van der Waals surface area (Å²) in [4.78, 5) is 33.1. The van der Waals surface area contributed by atoms with Gasteiger partial charge in [-0.05, 0) is 36.2 Å². The van der Waals surface area contributed by atoms with Crippen molar-refractivity contribution in [1.29, 1.82) is 0 Å². The van der Waals surface area contributed by atoms with Crippen LogP contribution < -0.4 is 0 Å². The van der Waals surface area contributed by atoms with Crippen LogP contribution in [0.3, 0.4) is 0 Å². The summed E-state index contributed by atoms with van der Waals surface area (Å²) in [5.41, 5.74) is 3.46. The van der Waals surface area contributed by atoms with Gasteiger partial charge in [-0.3, -0.25) is 14.6 Å². The summed E-state index contributed by atoms with van der Waals surface area (Å²) in [6.07, 6.45) is 2.15. The number of amides is 3. The molecule has 1 saturated heterocycles. The standard InChI is InChI=1S/C23H22BrN3O3/c1-2-3-10-26-22(29)18-12-15-14-6-4-5-7-17(14)25-20(15)21(27(18)23(26)30)16-11-13(24)8-9-19(16)28/h4-9,11,18,21,25,28H,2-3,10,12H2,1H3/t18-,21+/m1/s1. The number of H-pyrrole nitrogens is 1. The van der Waals surface area contributed by atoms with Gasteiger partial charge in [-0.25, -0.2) is 4.79 Å². The molecule has 5 rings (SSSR count). The van der Waals surface area contributed by atoms with Crippen LogP contribution in [0.15, 0.2) is 46.9 Å². The van der Waals surface area contributed by atoms with Gasteiger partial charge in [0.1, 0.15) is 17.8 Å². The third-order valence-electron chi connectivity index (χ3n) is 6.15. The molecule has 0 bridgehead atoms. The van der Waals surface area contributed by atoms with Gasteiger partial charge in [0.15, 0.2) is 0 Å². The minimum absolute atomic E-state index is 0.0979. The molecule has 3 aromatic rings. The Balaban J connectivity index is 1.72. The van der Waals surface area contributed by atoms with Gasteiger partial charge < -0.3 is 10.1 Å². The molecule has 2 aromatic carbocycles. The molecule has 3 heterocycles. The highest BCUT2D eigenvalue weighted by molar-refractivity contribution is 9.10. The summed E-state index contributed by atoms with van der Waals surface area (Å²) >= 11 is 3.48. The summed E-state index contributed by atoms with van der Waals surface area (Å²) in [7, 11) is 0. The van der Waals surface area contributed by atoms with Crippen LogP contribution in [0.2, 0.25) is 0 Å². The van der Waals surface area contributed by atoms with Crippen molar-refractivity contribution in [2.45, 2.75) is 38.3 Å². The lowest BCUT2D eigenvalue weighted by atomic mass is 9.88. The van der Waals surface area contributed by atoms with E-state index in [9.17, 15) is 14.7 Å². The monoisotopic (exact) mass is 467 g/mol. The Morgan fingerprint density at radius 1 is 1.20 bits per heavy atom. The molecule has 2 atom stereocenters. The van der Waals surface area contributed by atoms with Crippen LogP contribution in [0.4, 0.5) is 4.79 Å². The number of aromatic nitrogens is 1. The summed E-state index contributed by atoms with van der Waals surface area (Å²) in [6.45, 7) is 2.46. The molecule has 30 heavy (non-hydrogen) atoms. The Labute approximate surface area is 182 Å². The number of carbonyl (C=O) groups is 2. The largest absolute Gasteiger partial charge is 0.508 e. The van der Waals surface area contributed by atoms with Crippen molar-refractivity contribution < 1.29 is 14.7 Å². The molecule has 1 aromatic heterocycles. The molecule has 2 aliphatic heterocycles. The SMILES string of the molecule is CCCCN1C(=O)[C@H]2Cc3c([nH]c4ccccc34)[C@H](c3cc(Br)ccc3O)N2C1=O. The van der Waals surface area contributed by atoms with E-state index in [1.807, 2.05) is 37.3 Å². The molecule has 3 amide bonds. The number of aromatic amines is 1. The van der Waals surface area contributed by atoms with E-state index < -0.39 is 12.1 Å². The zero-order valence-corrected chi connectivity index (χ0v) is 18.1. The Kier molecular flexibility index (Phi) is 4.58. The van der Waals surface area contributed by atoms with Gasteiger partial charge in [-0.2, -0.15) is 0 Å². The normalized spacial score (nSPS) is 20.7. The fourth-order valence-electron chi connectivity index (χ4n) is 4.72. The van der Waals surface area contributed by atoms with Crippen molar-refractivity contribution in [3.8, 4) is 5.75 Å². The van der Waals surface area contributed by atoms with Gasteiger partial charge in [0.2, 0.25) is 0 Å². The molecule has 1 fully saturated rings. The Morgan fingerprint density at radius 3 is 2.80 bits per heavy atom. The lowest BCUT2D eigenvalue weighted by Crippen LogP contribution is -2.44. The second kappa shape index (κ2) is 7.16. The Hall–Kier alpha value is -2.80. The van der Waals surface area contributed by atoms with Gasteiger partial charge >= 0.3 is 6.03 Å². The third-order valence-corrected chi connectivity index (χ3v) is 6.65. The van der Waals surface area contributed by atoms with Crippen molar-refractivity contribution in [2.75, 3.05) is 6.54 Å². The van der Waals surface area contributed by atoms with Gasteiger partial charge in [-0.1, -0.05) is 47.5 Å². The summed E-state index contributed by atoms with van der Waals surface area (Å²) in [6, 6.07) is 11.7. The smallest absolute Gasteiger partial charge is 0.328 e. The van der Waals surface area contributed by atoms with Crippen LogP contribution in [0.5, 0.6) is 5.75 Å². The van der Waals surface area contributed by atoms with Crippen LogP contribution in [0.25, 0.3) is 10.9 Å². The number of nitrogens with one attached hydrogen (secondary N) is 1. The number of hydrogen-bond donors (Lipinski definition) is 2. The first-order valence-electron chi connectivity index (χ1n) is 10.2. The molecule has 2 N–H and O–H groups in total. The van der Waals surface area contributed by atoms with Crippen LogP contribution >= 0.6 is 15.9 Å². The number of rotatable bonds is 4. The number of urea groups is 1. The molecule has 0 saturated carbocycles. The van der Waals surface area contributed by atoms with Crippen molar-refractivity contribution >= 4 is 38.8 Å². The van der Waals surface area contributed by atoms with E-state index in [2.05, 4.69) is 20.9 Å². The fourth-order valence-corrected chi connectivity index (χ4v) is 5.10. The number of hydrogen-bond acceptors (Lipinski definition) is 3. The predicted molar refractivity (Wildman–Crippen MR) is 117 cm³/mol. The van der Waals surface area contributed by atoms with Gasteiger partial charge in [0.05, 0.1) is 0 Å². The third kappa shape index (κ3) is 2.75. The molecule has 0 aliphatic carbocycles. The first-order chi connectivity index (χ1) is 14.5. The highest BCUT2D eigenvalue weighted by Gasteiger charge is 2.52. The zero-order valence-electron chi connectivity index (χ0n) is 16.6. The molecular formula is C23H22BrN3O3. The second-order valence-electron chi connectivity index (χ2n) is 7.92. The molecule has 6 nitrogen and oxygen atoms in total. The van der Waals surface area contributed by atoms with Gasteiger partial charge in [0, 0.05) is 39.6 Å². The average Bonchev–Trinajstić information content (AvgIpc) is 3.23. The first kappa shape index (κ1) is 19.2. The maximum Gasteiger partial charge on any atom is 0.328 e. The number of para-hydroxylation sites is 1. The van der Waals surface area contributed by atoms with Gasteiger partial charge in [-0.15, -0.1) is 0 Å². The van der Waals surface area contributed by atoms with Gasteiger partial charge in [0.25, 0.3) is 5.91 Å². The first-order valence-corrected chi connectivity index (χ1v) is 11.0. The van der Waals surface area contributed by atoms with Crippen molar-refractivity contribution in [2.24, 2.45) is 0 Å². The van der Waals surface area contributed by atoms with Crippen molar-refractivity contribution in [3.63, 3.8) is 0 Å². The molecule has 0 radical (unpaired) electrons. The lowest BCUT2D eigenvalue weighted by Gasteiger charge is -2.36. The van der Waals surface area contributed by atoms with E-state index in [4.69, 9.17) is 0 Å². The van der Waals surface area contributed by atoms with E-state index in [0.717, 1.165) is 39.5 Å². The maximum atomic E-state index is 13.4. The molecule has 2 aliphatic rings. The number of phenols is 1. The van der Waals surface area contributed by atoms with E-state index in [0.29, 0.717) is 18.5 Å². The number of fused-ring (bicyclic) bond motifs is 4. The number of imide groups is 1. The second-order valence-corrected chi connectivity index (χ2v) is 8.84. The molecule has 0 unspecified atom stereocenters. The van der Waals surface area contributed by atoms with E-state index in [1.54, 1.807) is 17.0 Å². The minimum atomic E-state index is -0.565. The highest BCUT2D eigenvalue weighted by atomic mass is 79.9. The number of aromatic hydroxyl groups is 1. The molecule has 7 heteroatoms. The fraction of sp³-hybridized carbons (Fsp3) is 0.304. The van der Waals surface area contributed by atoms with Crippen LogP contribution in [0.1, 0.15) is 42.6 Å². The molecule has 0 spiro atoms. The number of carbonyl (C=O) groups excluding carboxylic acids is 2. The number of benzene rings is 2. The molecule has 154 valence electrons. The van der Waals surface area contributed by atoms with Crippen LogP contribution in [-0.2, 0) is 11.2 Å². The van der Waals surface area contributed by atoms with Crippen molar-refractivity contribution in [3.05, 3.63) is 63.8 Å². The van der Waals surface area contributed by atoms with E-state index in [-0.39, 0.29) is 17.7 Å². The predicted octanol–water partition coefficient (Wildman–Crippen LogP) is 4.71. The number of halogens is 1. The van der Waals surface area contributed by atoms with Crippen molar-refractivity contribution in [1.82, 2.24) is 14.8 Å². The topological polar surface area (TPSA) is 76.6 Å². The Bertz CT molecular complexity index is 1170. The van der Waals surface area contributed by atoms with E-state index >= 15 is 0 Å². The number of nitrogens with zero attached hydrogens (tertiary/aromatic N) is 2. The number of phenolic OH excluding ortho intramolecular Hbond substituents is 1. The van der Waals surface area contributed by atoms with E-state index in [1.165, 1.54) is 4.90 Å². The minimum Gasteiger partial charge on any atom is -0.508 e. The number of unbranched alkanes of at least 4 members (excludes halogenated alkanes) is 1. The summed E-state index contributed by atoms with van der Waals surface area (Å²) in [5.74, 6) is -0.0513. The highest BCUT2D eigenvalue weighted by Crippen LogP contribution is 2.46. The Morgan fingerprint density at radius 2 is 2.00 bits per heavy atom. The van der Waals surface area contributed by atoms with Crippen LogP contribution in [0, 0.1) is 0 Å². The lowest BCUT2D eigenvalue weighted by molar-refractivity contribution is -0.128. The summed E-state index contributed by atoms with van der Waals surface area (Å²) in [5, 5.41) is 11.8. The zero-order chi connectivity index (χ0) is 21.0. The summed E-state index contributed by atoms with van der Waals surface area (Å²) < 4.78 is 0.802. The maximum absolute atomic E-state index is 13.4. The quantitative estimate of drug-likeness (QED) is 0.545. The average molecular weight is 468 g/mol.